The largest absolute Gasteiger partial charge is 0.423 e. The molecule has 2 aromatic carbocycles. The number of para-hydroxylation sites is 1. The number of carbonyl (C=O) groups is 1. The molecule has 8 nitrogen and oxygen atoms in total. The zero-order valence-corrected chi connectivity index (χ0v) is 16.6. The van der Waals surface area contributed by atoms with Crippen LogP contribution in [0, 0.1) is 6.92 Å². The lowest BCUT2D eigenvalue weighted by atomic mass is 10.1. The fourth-order valence-electron chi connectivity index (χ4n) is 3.14. The molecule has 4 aromatic rings. The first-order valence-corrected chi connectivity index (χ1v) is 9.71. The monoisotopic (exact) mass is 402 g/mol. The van der Waals surface area contributed by atoms with Gasteiger partial charge in [0.05, 0.1) is 11.4 Å². The maximum atomic E-state index is 12.2. The van der Waals surface area contributed by atoms with E-state index in [2.05, 4.69) is 25.9 Å². The van der Waals surface area contributed by atoms with Gasteiger partial charge in [-0.2, -0.15) is 5.10 Å². The predicted molar refractivity (Wildman–Crippen MR) is 113 cm³/mol. The standard InChI is InChI=1S/C22H22N6O2/c1-16-18(14-28(27-16)20-10-3-2-4-11-20)8-6-12-23-22(29)25-19-9-5-7-17(13-19)21-26-24-15-30-21/h2-5,7,9-11,13-15H,6,8,12H2,1H3,(H2,23,25,29). The van der Waals surface area contributed by atoms with E-state index in [1.54, 1.807) is 12.1 Å². The van der Waals surface area contributed by atoms with E-state index < -0.39 is 0 Å². The molecule has 0 unspecified atom stereocenters. The molecule has 30 heavy (non-hydrogen) atoms. The number of amides is 2. The molecule has 0 saturated carbocycles. The van der Waals surface area contributed by atoms with E-state index in [1.807, 2.05) is 60.3 Å². The minimum Gasteiger partial charge on any atom is -0.423 e. The van der Waals surface area contributed by atoms with Gasteiger partial charge in [-0.1, -0.05) is 24.3 Å². The first-order valence-electron chi connectivity index (χ1n) is 9.71. The Labute approximate surface area is 173 Å². The molecule has 0 bridgehead atoms. The second kappa shape index (κ2) is 9.04. The number of aryl methyl sites for hydroxylation is 2. The highest BCUT2D eigenvalue weighted by molar-refractivity contribution is 5.89. The molecule has 2 N–H and O–H groups in total. The maximum absolute atomic E-state index is 12.2. The van der Waals surface area contributed by atoms with Gasteiger partial charge in [-0.05, 0) is 55.7 Å². The van der Waals surface area contributed by atoms with Gasteiger partial charge in [-0.25, -0.2) is 9.48 Å². The normalized spacial score (nSPS) is 10.7. The lowest BCUT2D eigenvalue weighted by molar-refractivity contribution is 0.252. The molecule has 0 aliphatic carbocycles. The third-order valence-corrected chi connectivity index (χ3v) is 4.66. The van der Waals surface area contributed by atoms with E-state index in [4.69, 9.17) is 4.42 Å². The average Bonchev–Trinajstić information content (AvgIpc) is 3.42. The van der Waals surface area contributed by atoms with Gasteiger partial charge in [-0.3, -0.25) is 0 Å². The SMILES string of the molecule is Cc1nn(-c2ccccc2)cc1CCCNC(=O)Nc1cccc(-c2nnco2)c1. The second-order valence-corrected chi connectivity index (χ2v) is 6.83. The minimum atomic E-state index is -0.255. The molecule has 152 valence electrons. The summed E-state index contributed by atoms with van der Waals surface area (Å²) in [6, 6.07) is 17.0. The smallest absolute Gasteiger partial charge is 0.319 e. The Bertz CT molecular complexity index is 1110. The fraction of sp³-hybridized carbons (Fsp3) is 0.182. The first kappa shape index (κ1) is 19.4. The lowest BCUT2D eigenvalue weighted by Crippen LogP contribution is -2.29. The summed E-state index contributed by atoms with van der Waals surface area (Å²) in [6.45, 7) is 2.57. The van der Waals surface area contributed by atoms with Crippen molar-refractivity contribution in [2.45, 2.75) is 19.8 Å². The van der Waals surface area contributed by atoms with Crippen molar-refractivity contribution in [1.82, 2.24) is 25.3 Å². The topological polar surface area (TPSA) is 97.9 Å². The molecular weight excluding hydrogens is 380 g/mol. The van der Waals surface area contributed by atoms with Crippen molar-refractivity contribution in [3.8, 4) is 17.1 Å². The molecule has 0 spiro atoms. The summed E-state index contributed by atoms with van der Waals surface area (Å²) in [5, 5.41) is 17.8. The Morgan fingerprint density at radius 1 is 1.13 bits per heavy atom. The summed E-state index contributed by atoms with van der Waals surface area (Å²) in [5.41, 5.74) is 4.61. The van der Waals surface area contributed by atoms with E-state index in [-0.39, 0.29) is 6.03 Å². The Morgan fingerprint density at radius 3 is 2.80 bits per heavy atom. The van der Waals surface area contributed by atoms with Crippen LogP contribution in [-0.4, -0.2) is 32.6 Å². The van der Waals surface area contributed by atoms with Crippen LogP contribution in [0.25, 0.3) is 17.1 Å². The van der Waals surface area contributed by atoms with Crippen LogP contribution in [0.15, 0.2) is 71.6 Å². The molecular formula is C22H22N6O2. The number of hydrogen-bond acceptors (Lipinski definition) is 5. The first-order chi connectivity index (χ1) is 14.7. The Hall–Kier alpha value is -3.94. The summed E-state index contributed by atoms with van der Waals surface area (Å²) < 4.78 is 7.07. The molecule has 0 saturated heterocycles. The molecule has 0 aliphatic rings. The van der Waals surface area contributed by atoms with Crippen molar-refractivity contribution in [3.63, 3.8) is 0 Å². The highest BCUT2D eigenvalue weighted by Gasteiger charge is 2.08. The number of nitrogens with zero attached hydrogens (tertiary/aromatic N) is 4. The minimum absolute atomic E-state index is 0.255. The number of rotatable bonds is 7. The van der Waals surface area contributed by atoms with E-state index >= 15 is 0 Å². The van der Waals surface area contributed by atoms with Crippen LogP contribution >= 0.6 is 0 Å². The zero-order valence-electron chi connectivity index (χ0n) is 16.6. The number of nitrogens with one attached hydrogen (secondary N) is 2. The average molecular weight is 402 g/mol. The quantitative estimate of drug-likeness (QED) is 0.456. The summed E-state index contributed by atoms with van der Waals surface area (Å²) in [4.78, 5) is 12.2. The third kappa shape index (κ3) is 4.72. The molecule has 0 aliphatic heterocycles. The van der Waals surface area contributed by atoms with Crippen molar-refractivity contribution >= 4 is 11.7 Å². The number of hydrogen-bond donors (Lipinski definition) is 2. The number of aromatic nitrogens is 4. The molecule has 2 heterocycles. The van der Waals surface area contributed by atoms with Crippen molar-refractivity contribution < 1.29 is 9.21 Å². The predicted octanol–water partition coefficient (Wildman–Crippen LogP) is 3.99. The van der Waals surface area contributed by atoms with E-state index in [0.29, 0.717) is 18.1 Å². The summed E-state index contributed by atoms with van der Waals surface area (Å²) in [7, 11) is 0. The molecule has 8 heteroatoms. The van der Waals surface area contributed by atoms with E-state index in [1.165, 1.54) is 12.0 Å². The molecule has 4 rings (SSSR count). The second-order valence-electron chi connectivity index (χ2n) is 6.83. The van der Waals surface area contributed by atoms with Gasteiger partial charge in [0.2, 0.25) is 12.3 Å². The zero-order chi connectivity index (χ0) is 20.8. The van der Waals surface area contributed by atoms with Crippen molar-refractivity contribution in [2.24, 2.45) is 0 Å². The van der Waals surface area contributed by atoms with Gasteiger partial charge < -0.3 is 15.1 Å². The van der Waals surface area contributed by atoms with Gasteiger partial charge in [0.25, 0.3) is 0 Å². The van der Waals surface area contributed by atoms with Crippen molar-refractivity contribution in [2.75, 3.05) is 11.9 Å². The summed E-state index contributed by atoms with van der Waals surface area (Å²) in [6.07, 6.45) is 4.98. The van der Waals surface area contributed by atoms with Crippen LogP contribution in [0.5, 0.6) is 0 Å². The van der Waals surface area contributed by atoms with Gasteiger partial charge in [0, 0.05) is 24.0 Å². The van der Waals surface area contributed by atoms with Gasteiger partial charge in [-0.15, -0.1) is 10.2 Å². The van der Waals surface area contributed by atoms with E-state index in [0.717, 1.165) is 29.8 Å². The van der Waals surface area contributed by atoms with Crippen LogP contribution < -0.4 is 10.6 Å². The molecule has 2 aromatic heterocycles. The third-order valence-electron chi connectivity index (χ3n) is 4.66. The maximum Gasteiger partial charge on any atom is 0.319 e. The Morgan fingerprint density at radius 2 is 2.00 bits per heavy atom. The fourth-order valence-corrected chi connectivity index (χ4v) is 3.14. The van der Waals surface area contributed by atoms with Crippen molar-refractivity contribution in [1.29, 1.82) is 0 Å². The summed E-state index contributed by atoms with van der Waals surface area (Å²) in [5.74, 6) is 0.408. The Kier molecular flexibility index (Phi) is 5.84. The number of carbonyl (C=O) groups excluding carboxylic acids is 1. The summed E-state index contributed by atoms with van der Waals surface area (Å²) >= 11 is 0. The molecule has 0 radical (unpaired) electrons. The van der Waals surface area contributed by atoms with Crippen molar-refractivity contribution in [3.05, 3.63) is 78.4 Å². The molecule has 2 amide bonds. The Balaban J connectivity index is 1.26. The number of benzene rings is 2. The van der Waals surface area contributed by atoms with Crippen LogP contribution in [0.1, 0.15) is 17.7 Å². The molecule has 0 atom stereocenters. The van der Waals surface area contributed by atoms with Gasteiger partial charge >= 0.3 is 6.03 Å². The van der Waals surface area contributed by atoms with Gasteiger partial charge in [0.15, 0.2) is 0 Å². The highest BCUT2D eigenvalue weighted by Crippen LogP contribution is 2.20. The number of anilines is 1. The number of urea groups is 1. The highest BCUT2D eigenvalue weighted by atomic mass is 16.4. The van der Waals surface area contributed by atoms with E-state index in [9.17, 15) is 4.79 Å². The van der Waals surface area contributed by atoms with Crippen LogP contribution in [0.3, 0.4) is 0 Å². The van der Waals surface area contributed by atoms with Gasteiger partial charge in [0.1, 0.15) is 0 Å². The van der Waals surface area contributed by atoms with Crippen LogP contribution in [0.4, 0.5) is 10.5 Å². The van der Waals surface area contributed by atoms with Crippen LogP contribution in [0.2, 0.25) is 0 Å². The molecule has 0 fully saturated rings. The van der Waals surface area contributed by atoms with Crippen LogP contribution in [-0.2, 0) is 6.42 Å². The lowest BCUT2D eigenvalue weighted by Gasteiger charge is -2.08.